The molecule has 0 unspecified atom stereocenters. The summed E-state index contributed by atoms with van der Waals surface area (Å²) in [5.74, 6) is -0.255. The van der Waals surface area contributed by atoms with E-state index in [1.54, 1.807) is 4.90 Å². The van der Waals surface area contributed by atoms with Crippen LogP contribution < -0.4 is 4.72 Å². The summed E-state index contributed by atoms with van der Waals surface area (Å²) in [6.45, 7) is 3.29. The zero-order valence-corrected chi connectivity index (χ0v) is 21.4. The summed E-state index contributed by atoms with van der Waals surface area (Å²) in [7, 11) is -4.09. The molecule has 0 radical (unpaired) electrons. The number of rotatable bonds is 8. The predicted octanol–water partition coefficient (Wildman–Crippen LogP) is 4.23. The summed E-state index contributed by atoms with van der Waals surface area (Å²) in [5.41, 5.74) is 2.08. The van der Waals surface area contributed by atoms with E-state index >= 15 is 0 Å². The fourth-order valence-corrected chi connectivity index (χ4v) is 6.10. The van der Waals surface area contributed by atoms with E-state index in [0.29, 0.717) is 26.2 Å². The highest BCUT2D eigenvalue weighted by atomic mass is 35.5. The molecule has 184 valence electrons. The predicted molar refractivity (Wildman–Crippen MR) is 139 cm³/mol. The fourth-order valence-electron chi connectivity index (χ4n) is 4.15. The summed E-state index contributed by atoms with van der Waals surface area (Å²) in [6, 6.07) is 22.8. The van der Waals surface area contributed by atoms with Crippen LogP contribution >= 0.6 is 23.2 Å². The van der Waals surface area contributed by atoms with Crippen molar-refractivity contribution in [2.45, 2.75) is 23.9 Å². The van der Waals surface area contributed by atoms with E-state index in [1.807, 2.05) is 48.5 Å². The zero-order valence-electron chi connectivity index (χ0n) is 19.1. The van der Waals surface area contributed by atoms with E-state index in [0.717, 1.165) is 12.1 Å². The third-order valence-corrected chi connectivity index (χ3v) is 8.18. The zero-order chi connectivity index (χ0) is 24.8. The number of carbonyl (C=O) groups is 1. The van der Waals surface area contributed by atoms with Crippen molar-refractivity contribution in [3.8, 4) is 0 Å². The monoisotopic (exact) mass is 531 g/mol. The quantitative estimate of drug-likeness (QED) is 0.472. The second-order valence-electron chi connectivity index (χ2n) is 8.53. The van der Waals surface area contributed by atoms with Crippen LogP contribution in [-0.4, -0.2) is 56.3 Å². The van der Waals surface area contributed by atoms with Gasteiger partial charge in [0.2, 0.25) is 15.9 Å². The van der Waals surface area contributed by atoms with E-state index in [2.05, 4.69) is 21.8 Å². The highest BCUT2D eigenvalue weighted by Crippen LogP contribution is 2.25. The van der Waals surface area contributed by atoms with Crippen molar-refractivity contribution < 1.29 is 13.2 Å². The van der Waals surface area contributed by atoms with Gasteiger partial charge in [-0.25, -0.2) is 8.42 Å². The number of hydrogen-bond acceptors (Lipinski definition) is 4. The molecule has 0 bridgehead atoms. The van der Waals surface area contributed by atoms with Crippen molar-refractivity contribution in [2.24, 2.45) is 0 Å². The van der Waals surface area contributed by atoms with Crippen LogP contribution in [0.1, 0.15) is 11.1 Å². The molecule has 1 fully saturated rings. The minimum atomic E-state index is -4.09. The minimum absolute atomic E-state index is 0.0438. The third-order valence-electron chi connectivity index (χ3n) is 5.99. The number of hydrogen-bond donors (Lipinski definition) is 1. The maximum absolute atomic E-state index is 13.5. The Morgan fingerprint density at radius 3 is 2.09 bits per heavy atom. The number of nitrogens with one attached hydrogen (secondary N) is 1. The van der Waals surface area contributed by atoms with Gasteiger partial charge in [-0.2, -0.15) is 4.72 Å². The van der Waals surface area contributed by atoms with E-state index in [1.165, 1.54) is 23.8 Å². The van der Waals surface area contributed by atoms with Gasteiger partial charge in [0.15, 0.2) is 0 Å². The lowest BCUT2D eigenvalue weighted by atomic mass is 10.1. The Balaban J connectivity index is 1.49. The van der Waals surface area contributed by atoms with E-state index in [4.69, 9.17) is 23.2 Å². The van der Waals surface area contributed by atoms with E-state index < -0.39 is 16.1 Å². The van der Waals surface area contributed by atoms with Gasteiger partial charge < -0.3 is 4.90 Å². The molecule has 1 saturated heterocycles. The Labute approximate surface area is 216 Å². The molecule has 1 atom stereocenters. The van der Waals surface area contributed by atoms with Gasteiger partial charge in [-0.15, -0.1) is 0 Å². The number of benzene rings is 3. The van der Waals surface area contributed by atoms with Gasteiger partial charge >= 0.3 is 0 Å². The van der Waals surface area contributed by atoms with Crippen molar-refractivity contribution in [1.29, 1.82) is 0 Å². The average molecular weight is 532 g/mol. The van der Waals surface area contributed by atoms with Crippen LogP contribution in [0.4, 0.5) is 0 Å². The lowest BCUT2D eigenvalue weighted by Crippen LogP contribution is -2.55. The average Bonchev–Trinajstić information content (AvgIpc) is 2.86. The highest BCUT2D eigenvalue weighted by molar-refractivity contribution is 7.89. The molecular formula is C26H27Cl2N3O3S. The van der Waals surface area contributed by atoms with Crippen LogP contribution in [0.5, 0.6) is 0 Å². The van der Waals surface area contributed by atoms with Gasteiger partial charge in [0.05, 0.1) is 5.02 Å². The molecule has 35 heavy (non-hydrogen) atoms. The maximum Gasteiger partial charge on any atom is 0.242 e. The molecule has 1 N–H and O–H groups in total. The van der Waals surface area contributed by atoms with Crippen molar-refractivity contribution in [3.05, 3.63) is 100 Å². The Hall–Kier alpha value is -2.42. The molecule has 0 aliphatic carbocycles. The van der Waals surface area contributed by atoms with Crippen LogP contribution in [0, 0.1) is 0 Å². The second-order valence-corrected chi connectivity index (χ2v) is 11.1. The van der Waals surface area contributed by atoms with Crippen molar-refractivity contribution in [2.75, 3.05) is 26.2 Å². The molecule has 0 spiro atoms. The minimum Gasteiger partial charge on any atom is -0.339 e. The van der Waals surface area contributed by atoms with Crippen LogP contribution in [0.25, 0.3) is 0 Å². The SMILES string of the molecule is O=C([C@H](Cc1ccccc1)NS(=O)(=O)c1cc(Cl)ccc1Cl)N1CCN(Cc2ccccc2)CC1. The number of piperazine rings is 1. The highest BCUT2D eigenvalue weighted by Gasteiger charge is 2.32. The number of amides is 1. The molecule has 4 rings (SSSR count). The van der Waals surface area contributed by atoms with E-state index in [9.17, 15) is 13.2 Å². The fraction of sp³-hybridized carbons (Fsp3) is 0.269. The number of halogens is 2. The van der Waals surface area contributed by atoms with Gasteiger partial charge in [0.1, 0.15) is 10.9 Å². The molecular weight excluding hydrogens is 505 g/mol. The molecule has 6 nitrogen and oxygen atoms in total. The largest absolute Gasteiger partial charge is 0.339 e. The molecule has 0 aromatic heterocycles. The van der Waals surface area contributed by atoms with Crippen LogP contribution in [0.3, 0.4) is 0 Å². The van der Waals surface area contributed by atoms with Gasteiger partial charge in [-0.1, -0.05) is 83.9 Å². The maximum atomic E-state index is 13.5. The number of carbonyl (C=O) groups excluding carboxylic acids is 1. The lowest BCUT2D eigenvalue weighted by molar-refractivity contribution is -0.134. The first-order valence-electron chi connectivity index (χ1n) is 11.4. The first-order valence-corrected chi connectivity index (χ1v) is 13.6. The Kier molecular flexibility index (Phi) is 8.46. The lowest BCUT2D eigenvalue weighted by Gasteiger charge is -2.36. The molecule has 3 aromatic rings. The molecule has 1 aliphatic heterocycles. The van der Waals surface area contributed by atoms with Gasteiger partial charge in [-0.3, -0.25) is 9.69 Å². The Morgan fingerprint density at radius 1 is 0.857 bits per heavy atom. The van der Waals surface area contributed by atoms with Crippen molar-refractivity contribution in [3.63, 3.8) is 0 Å². The topological polar surface area (TPSA) is 69.7 Å². The Morgan fingerprint density at radius 2 is 1.46 bits per heavy atom. The molecule has 1 aliphatic rings. The first kappa shape index (κ1) is 25.7. The van der Waals surface area contributed by atoms with Crippen molar-refractivity contribution in [1.82, 2.24) is 14.5 Å². The van der Waals surface area contributed by atoms with Crippen LogP contribution in [0.15, 0.2) is 83.8 Å². The van der Waals surface area contributed by atoms with Crippen LogP contribution in [-0.2, 0) is 27.8 Å². The summed E-state index contributed by atoms with van der Waals surface area (Å²) in [5, 5.41) is 0.289. The molecule has 9 heteroatoms. The first-order chi connectivity index (χ1) is 16.8. The smallest absolute Gasteiger partial charge is 0.242 e. The van der Waals surface area contributed by atoms with Gasteiger partial charge in [-0.05, 0) is 35.7 Å². The van der Waals surface area contributed by atoms with E-state index in [-0.39, 0.29) is 27.3 Å². The summed E-state index contributed by atoms with van der Waals surface area (Å²) in [4.78, 5) is 17.4. The molecule has 1 heterocycles. The van der Waals surface area contributed by atoms with Crippen molar-refractivity contribution >= 4 is 39.1 Å². The summed E-state index contributed by atoms with van der Waals surface area (Å²) < 4.78 is 29.0. The molecule has 3 aromatic carbocycles. The Bertz CT molecular complexity index is 1250. The van der Waals surface area contributed by atoms with Crippen LogP contribution in [0.2, 0.25) is 10.0 Å². The summed E-state index contributed by atoms with van der Waals surface area (Å²) >= 11 is 12.2. The van der Waals surface area contributed by atoms with Gasteiger partial charge in [0, 0.05) is 37.7 Å². The normalized spacial score (nSPS) is 15.7. The number of sulfonamides is 1. The van der Waals surface area contributed by atoms with Gasteiger partial charge in [0.25, 0.3) is 0 Å². The molecule has 0 saturated carbocycles. The summed E-state index contributed by atoms with van der Waals surface area (Å²) in [6.07, 6.45) is 0.224. The number of nitrogens with zero attached hydrogens (tertiary/aromatic N) is 2. The second kappa shape index (κ2) is 11.5. The third kappa shape index (κ3) is 6.84. The molecule has 1 amide bonds. The standard InChI is InChI=1S/C26H27Cl2N3O3S/c27-22-11-12-23(28)25(18-22)35(33,34)29-24(17-20-7-3-1-4-8-20)26(32)31-15-13-30(14-16-31)19-21-9-5-2-6-10-21/h1-12,18,24,29H,13-17,19H2/t24-/m0/s1.